The Kier molecular flexibility index (Phi) is 5.67. The molecule has 0 unspecified atom stereocenters. The molecule has 0 saturated heterocycles. The third kappa shape index (κ3) is 3.91. The monoisotopic (exact) mass is 327 g/mol. The number of carbonyl (C=O) groups is 1. The molecule has 1 N–H and O–H groups in total. The minimum Gasteiger partial charge on any atom is -0.490 e. The second-order valence-corrected chi connectivity index (χ2v) is 5.93. The van der Waals surface area contributed by atoms with Crippen molar-refractivity contribution >= 4 is 23.2 Å². The van der Waals surface area contributed by atoms with Crippen molar-refractivity contribution in [2.24, 2.45) is 5.92 Å². The summed E-state index contributed by atoms with van der Waals surface area (Å²) in [5.74, 6) is 0.694. The number of rotatable bonds is 8. The lowest BCUT2D eigenvalue weighted by Crippen LogP contribution is -2.44. The van der Waals surface area contributed by atoms with Crippen molar-refractivity contribution in [3.8, 4) is 5.75 Å². The van der Waals surface area contributed by atoms with Crippen molar-refractivity contribution < 1.29 is 19.0 Å². The zero-order chi connectivity index (χ0) is 16.2. The van der Waals surface area contributed by atoms with E-state index in [1.165, 1.54) is 0 Å². The maximum atomic E-state index is 12.4. The van der Waals surface area contributed by atoms with Gasteiger partial charge in [0.2, 0.25) is 0 Å². The fourth-order valence-corrected chi connectivity index (χ4v) is 2.50. The highest BCUT2D eigenvalue weighted by Gasteiger charge is 2.47. The van der Waals surface area contributed by atoms with Gasteiger partial charge in [-0.25, -0.2) is 0 Å². The highest BCUT2D eigenvalue weighted by Crippen LogP contribution is 2.42. The fourth-order valence-electron chi connectivity index (χ4n) is 2.26. The predicted molar refractivity (Wildman–Crippen MR) is 85.6 cm³/mol. The molecule has 1 saturated carbocycles. The van der Waals surface area contributed by atoms with Crippen LogP contribution < -0.4 is 10.1 Å². The second kappa shape index (κ2) is 7.31. The summed E-state index contributed by atoms with van der Waals surface area (Å²) in [6.45, 7) is 2.73. The van der Waals surface area contributed by atoms with Crippen LogP contribution in [0.25, 0.3) is 0 Å². The van der Waals surface area contributed by atoms with Crippen LogP contribution in [0, 0.1) is 5.92 Å². The van der Waals surface area contributed by atoms with E-state index < -0.39 is 5.60 Å². The molecule has 0 heterocycles. The van der Waals surface area contributed by atoms with E-state index in [4.69, 9.17) is 25.8 Å². The van der Waals surface area contributed by atoms with E-state index in [0.717, 1.165) is 12.8 Å². The molecule has 22 heavy (non-hydrogen) atoms. The Balaban J connectivity index is 2.01. The first-order valence-electron chi connectivity index (χ1n) is 7.29. The van der Waals surface area contributed by atoms with Crippen LogP contribution in [-0.4, -0.2) is 38.9 Å². The van der Waals surface area contributed by atoms with Crippen LogP contribution in [-0.2, 0) is 14.3 Å². The van der Waals surface area contributed by atoms with E-state index >= 15 is 0 Å². The largest absolute Gasteiger partial charge is 0.490 e. The Bertz CT molecular complexity index is 533. The third-order valence-electron chi connectivity index (χ3n) is 3.97. The lowest BCUT2D eigenvalue weighted by molar-refractivity contribution is -0.138. The molecule has 0 spiro atoms. The van der Waals surface area contributed by atoms with Crippen LogP contribution >= 0.6 is 11.6 Å². The van der Waals surface area contributed by atoms with Crippen LogP contribution in [0.1, 0.15) is 19.8 Å². The van der Waals surface area contributed by atoms with Gasteiger partial charge in [0.25, 0.3) is 5.91 Å². The van der Waals surface area contributed by atoms with Crippen LogP contribution in [0.3, 0.4) is 0 Å². The molecule has 0 bridgehead atoms. The van der Waals surface area contributed by atoms with Crippen molar-refractivity contribution in [2.45, 2.75) is 25.4 Å². The number of anilines is 1. The van der Waals surface area contributed by atoms with Crippen LogP contribution in [0.4, 0.5) is 5.69 Å². The number of amides is 1. The number of hydrogen-bond donors (Lipinski definition) is 1. The van der Waals surface area contributed by atoms with Crippen molar-refractivity contribution in [3.05, 3.63) is 23.2 Å². The first-order chi connectivity index (χ1) is 10.5. The Morgan fingerprint density at radius 1 is 1.36 bits per heavy atom. The normalized spacial score (nSPS) is 16.9. The molecule has 2 rings (SSSR count). The summed E-state index contributed by atoms with van der Waals surface area (Å²) in [5, 5.41) is 3.31. The standard InChI is InChI=1S/C16H22ClNO4/c1-16(21-3,11-4-5-11)15(19)18-12-6-7-14(13(17)10-12)22-9-8-20-2/h6-7,10-11H,4-5,8-9H2,1-3H3,(H,18,19)/t16-/m0/s1. The third-order valence-corrected chi connectivity index (χ3v) is 4.26. The number of benzene rings is 1. The molecule has 6 heteroatoms. The Morgan fingerprint density at radius 3 is 2.64 bits per heavy atom. The molecule has 122 valence electrons. The SMILES string of the molecule is COCCOc1ccc(NC(=O)[C@@](C)(OC)C2CC2)cc1Cl. The Hall–Kier alpha value is -1.30. The van der Waals surface area contributed by atoms with Gasteiger partial charge in [-0.1, -0.05) is 11.6 Å². The average Bonchev–Trinajstić information content (AvgIpc) is 3.34. The van der Waals surface area contributed by atoms with Gasteiger partial charge in [-0.3, -0.25) is 4.79 Å². The summed E-state index contributed by atoms with van der Waals surface area (Å²) in [6, 6.07) is 5.16. The summed E-state index contributed by atoms with van der Waals surface area (Å²) < 4.78 is 15.8. The van der Waals surface area contributed by atoms with Crippen molar-refractivity contribution in [3.63, 3.8) is 0 Å². The van der Waals surface area contributed by atoms with Crippen LogP contribution in [0.5, 0.6) is 5.75 Å². The quantitative estimate of drug-likeness (QED) is 0.745. The van der Waals surface area contributed by atoms with Crippen LogP contribution in [0.15, 0.2) is 18.2 Å². The van der Waals surface area contributed by atoms with Crippen molar-refractivity contribution in [1.29, 1.82) is 0 Å². The summed E-state index contributed by atoms with van der Waals surface area (Å²) in [5.41, 5.74) is -0.168. The lowest BCUT2D eigenvalue weighted by atomic mass is 9.99. The van der Waals surface area contributed by atoms with E-state index in [1.54, 1.807) is 32.4 Å². The average molecular weight is 328 g/mol. The smallest absolute Gasteiger partial charge is 0.256 e. The summed E-state index contributed by atoms with van der Waals surface area (Å²) in [7, 11) is 3.17. The summed E-state index contributed by atoms with van der Waals surface area (Å²) in [4.78, 5) is 12.4. The zero-order valence-electron chi connectivity index (χ0n) is 13.1. The van der Waals surface area contributed by atoms with E-state index in [0.29, 0.717) is 29.7 Å². The maximum Gasteiger partial charge on any atom is 0.256 e. The van der Waals surface area contributed by atoms with Gasteiger partial charge in [0.1, 0.15) is 18.0 Å². The molecular weight excluding hydrogens is 306 g/mol. The number of carbonyl (C=O) groups excluding carboxylic acids is 1. The highest BCUT2D eigenvalue weighted by atomic mass is 35.5. The lowest BCUT2D eigenvalue weighted by Gasteiger charge is -2.26. The fraction of sp³-hybridized carbons (Fsp3) is 0.562. The van der Waals surface area contributed by atoms with Gasteiger partial charge in [0, 0.05) is 19.9 Å². The van der Waals surface area contributed by atoms with Gasteiger partial charge in [-0.2, -0.15) is 0 Å². The molecule has 0 aromatic heterocycles. The molecule has 1 aliphatic carbocycles. The first-order valence-corrected chi connectivity index (χ1v) is 7.67. The molecular formula is C16H22ClNO4. The zero-order valence-corrected chi connectivity index (χ0v) is 13.9. The molecule has 0 aliphatic heterocycles. The predicted octanol–water partition coefficient (Wildman–Crippen LogP) is 3.12. The van der Waals surface area contributed by atoms with Gasteiger partial charge >= 0.3 is 0 Å². The molecule has 1 aromatic carbocycles. The highest BCUT2D eigenvalue weighted by molar-refractivity contribution is 6.32. The number of ether oxygens (including phenoxy) is 3. The van der Waals surface area contributed by atoms with Gasteiger partial charge < -0.3 is 19.5 Å². The van der Waals surface area contributed by atoms with Gasteiger partial charge in [-0.15, -0.1) is 0 Å². The Morgan fingerprint density at radius 2 is 2.09 bits per heavy atom. The number of methoxy groups -OCH3 is 2. The van der Waals surface area contributed by atoms with Crippen molar-refractivity contribution in [1.82, 2.24) is 0 Å². The number of hydrogen-bond acceptors (Lipinski definition) is 4. The Labute approximate surface area is 135 Å². The molecule has 5 nitrogen and oxygen atoms in total. The molecule has 1 fully saturated rings. The second-order valence-electron chi connectivity index (χ2n) is 5.53. The molecule has 1 aromatic rings. The number of nitrogens with one attached hydrogen (secondary N) is 1. The minimum absolute atomic E-state index is 0.151. The van der Waals surface area contributed by atoms with Gasteiger partial charge in [0.15, 0.2) is 0 Å². The molecule has 1 atom stereocenters. The molecule has 1 amide bonds. The minimum atomic E-state index is -0.792. The van der Waals surface area contributed by atoms with Gasteiger partial charge in [-0.05, 0) is 43.9 Å². The van der Waals surface area contributed by atoms with E-state index in [9.17, 15) is 4.79 Å². The number of halogens is 1. The molecule has 1 aliphatic rings. The van der Waals surface area contributed by atoms with E-state index in [1.807, 2.05) is 6.92 Å². The van der Waals surface area contributed by atoms with E-state index in [-0.39, 0.29) is 11.8 Å². The first kappa shape index (κ1) is 17.1. The summed E-state index contributed by atoms with van der Waals surface area (Å²) in [6.07, 6.45) is 2.04. The van der Waals surface area contributed by atoms with E-state index in [2.05, 4.69) is 5.32 Å². The summed E-state index contributed by atoms with van der Waals surface area (Å²) >= 11 is 6.17. The topological polar surface area (TPSA) is 56.8 Å². The van der Waals surface area contributed by atoms with Crippen molar-refractivity contribution in [2.75, 3.05) is 32.8 Å². The van der Waals surface area contributed by atoms with Gasteiger partial charge in [0.05, 0.1) is 11.6 Å². The maximum absolute atomic E-state index is 12.4. The molecule has 0 radical (unpaired) electrons. The van der Waals surface area contributed by atoms with Crippen LogP contribution in [0.2, 0.25) is 5.02 Å².